The molecule has 1 N–H and O–H groups in total. The Morgan fingerprint density at radius 1 is 1.06 bits per heavy atom. The highest BCUT2D eigenvalue weighted by Gasteiger charge is 2.23. The monoisotopic (exact) mass is 249 g/mol. The lowest BCUT2D eigenvalue weighted by molar-refractivity contribution is 0.130. The van der Waals surface area contributed by atoms with Crippen LogP contribution in [0.5, 0.6) is 0 Å². The Balaban J connectivity index is 2.99. The summed E-state index contributed by atoms with van der Waals surface area (Å²) in [5, 5.41) is 9.52. The maximum atomic E-state index is 9.52. The van der Waals surface area contributed by atoms with Gasteiger partial charge < -0.3 is 10.0 Å². The summed E-state index contributed by atoms with van der Waals surface area (Å²) in [5.41, 5.74) is 2.67. The van der Waals surface area contributed by atoms with Gasteiger partial charge in [-0.2, -0.15) is 0 Å². The van der Waals surface area contributed by atoms with E-state index in [1.807, 2.05) is 0 Å². The summed E-state index contributed by atoms with van der Waals surface area (Å²) < 4.78 is 0. The fourth-order valence-corrected chi connectivity index (χ4v) is 2.52. The lowest BCUT2D eigenvalue weighted by Crippen LogP contribution is -2.29. The SMILES string of the molecule is CCC(CO)C(c1ccc(C(C)C)cc1)N(C)C. The molecule has 0 aliphatic rings. The molecule has 102 valence electrons. The second-order valence-corrected chi connectivity index (χ2v) is 5.58. The summed E-state index contributed by atoms with van der Waals surface area (Å²) in [6.45, 7) is 6.80. The van der Waals surface area contributed by atoms with Gasteiger partial charge >= 0.3 is 0 Å². The number of aliphatic hydroxyl groups is 1. The fourth-order valence-electron chi connectivity index (χ4n) is 2.52. The molecule has 0 saturated heterocycles. The van der Waals surface area contributed by atoms with E-state index < -0.39 is 0 Å². The summed E-state index contributed by atoms with van der Waals surface area (Å²) in [6, 6.07) is 9.12. The fraction of sp³-hybridized carbons (Fsp3) is 0.625. The van der Waals surface area contributed by atoms with Gasteiger partial charge in [-0.05, 0) is 37.6 Å². The zero-order valence-electron chi connectivity index (χ0n) is 12.4. The number of benzene rings is 1. The number of hydrogen-bond donors (Lipinski definition) is 1. The van der Waals surface area contributed by atoms with Crippen LogP contribution in [-0.2, 0) is 0 Å². The van der Waals surface area contributed by atoms with E-state index in [0.29, 0.717) is 17.9 Å². The van der Waals surface area contributed by atoms with Crippen molar-refractivity contribution in [1.29, 1.82) is 0 Å². The van der Waals surface area contributed by atoms with Gasteiger partial charge in [0.15, 0.2) is 0 Å². The molecule has 0 saturated carbocycles. The largest absolute Gasteiger partial charge is 0.396 e. The molecule has 1 rings (SSSR count). The van der Waals surface area contributed by atoms with Gasteiger partial charge in [-0.25, -0.2) is 0 Å². The number of rotatable bonds is 6. The van der Waals surface area contributed by atoms with Crippen LogP contribution in [0.1, 0.15) is 50.3 Å². The Bertz CT molecular complexity index is 339. The van der Waals surface area contributed by atoms with Crippen LogP contribution in [0.2, 0.25) is 0 Å². The average Bonchev–Trinajstić information content (AvgIpc) is 2.35. The van der Waals surface area contributed by atoms with Gasteiger partial charge in [0.1, 0.15) is 0 Å². The van der Waals surface area contributed by atoms with E-state index in [4.69, 9.17) is 0 Å². The molecule has 0 aliphatic heterocycles. The minimum Gasteiger partial charge on any atom is -0.396 e. The molecule has 18 heavy (non-hydrogen) atoms. The van der Waals surface area contributed by atoms with Crippen molar-refractivity contribution in [3.05, 3.63) is 35.4 Å². The van der Waals surface area contributed by atoms with Gasteiger partial charge in [-0.1, -0.05) is 45.0 Å². The number of nitrogens with zero attached hydrogens (tertiary/aromatic N) is 1. The molecule has 0 fully saturated rings. The molecule has 0 amide bonds. The predicted molar refractivity (Wildman–Crippen MR) is 77.8 cm³/mol. The summed E-state index contributed by atoms with van der Waals surface area (Å²) in [6.07, 6.45) is 0.991. The second kappa shape index (κ2) is 6.91. The maximum Gasteiger partial charge on any atom is 0.0477 e. The quantitative estimate of drug-likeness (QED) is 0.835. The lowest BCUT2D eigenvalue weighted by atomic mass is 9.89. The van der Waals surface area contributed by atoms with Crippen LogP contribution in [0.4, 0.5) is 0 Å². The van der Waals surface area contributed by atoms with E-state index in [9.17, 15) is 5.11 Å². The highest BCUT2D eigenvalue weighted by molar-refractivity contribution is 5.27. The zero-order chi connectivity index (χ0) is 13.7. The Labute approximate surface area is 112 Å². The van der Waals surface area contributed by atoms with E-state index in [2.05, 4.69) is 64.0 Å². The summed E-state index contributed by atoms with van der Waals surface area (Å²) in [4.78, 5) is 2.20. The van der Waals surface area contributed by atoms with Crippen molar-refractivity contribution < 1.29 is 5.11 Å². The number of hydrogen-bond acceptors (Lipinski definition) is 2. The van der Waals surface area contributed by atoms with Crippen LogP contribution in [0.15, 0.2) is 24.3 Å². The molecular weight excluding hydrogens is 222 g/mol. The molecule has 2 heteroatoms. The molecule has 0 spiro atoms. The van der Waals surface area contributed by atoms with Crippen molar-refractivity contribution >= 4 is 0 Å². The Morgan fingerprint density at radius 2 is 1.56 bits per heavy atom. The van der Waals surface area contributed by atoms with Gasteiger partial charge in [-0.3, -0.25) is 0 Å². The van der Waals surface area contributed by atoms with Crippen molar-refractivity contribution in [1.82, 2.24) is 4.90 Å². The van der Waals surface area contributed by atoms with Crippen LogP contribution in [-0.4, -0.2) is 30.7 Å². The van der Waals surface area contributed by atoms with E-state index in [1.54, 1.807) is 0 Å². The van der Waals surface area contributed by atoms with Crippen molar-refractivity contribution in [3.63, 3.8) is 0 Å². The van der Waals surface area contributed by atoms with Crippen molar-refractivity contribution in [2.24, 2.45) is 5.92 Å². The first-order chi connectivity index (χ1) is 8.51. The van der Waals surface area contributed by atoms with Crippen molar-refractivity contribution in [3.8, 4) is 0 Å². The second-order valence-electron chi connectivity index (χ2n) is 5.58. The summed E-state index contributed by atoms with van der Waals surface area (Å²) in [7, 11) is 4.17. The predicted octanol–water partition coefficient (Wildman–Crippen LogP) is 3.43. The maximum absolute atomic E-state index is 9.52. The van der Waals surface area contributed by atoms with Gasteiger partial charge in [0.05, 0.1) is 0 Å². The Hall–Kier alpha value is -0.860. The first-order valence-corrected chi connectivity index (χ1v) is 6.88. The third kappa shape index (κ3) is 3.56. The number of aliphatic hydroxyl groups excluding tert-OH is 1. The third-order valence-electron chi connectivity index (χ3n) is 3.71. The van der Waals surface area contributed by atoms with Gasteiger partial charge in [0.2, 0.25) is 0 Å². The summed E-state index contributed by atoms with van der Waals surface area (Å²) in [5.74, 6) is 0.863. The zero-order valence-corrected chi connectivity index (χ0v) is 12.4. The molecule has 1 aromatic carbocycles. The summed E-state index contributed by atoms with van der Waals surface area (Å²) >= 11 is 0. The molecule has 2 atom stereocenters. The van der Waals surface area contributed by atoms with Gasteiger partial charge in [0.25, 0.3) is 0 Å². The average molecular weight is 249 g/mol. The van der Waals surface area contributed by atoms with Crippen LogP contribution in [0.3, 0.4) is 0 Å². The van der Waals surface area contributed by atoms with Crippen LogP contribution in [0, 0.1) is 5.92 Å². The molecule has 0 heterocycles. The molecule has 2 unspecified atom stereocenters. The molecule has 2 nitrogen and oxygen atoms in total. The molecule has 1 aromatic rings. The minimum absolute atomic E-state index is 0.241. The first kappa shape index (κ1) is 15.2. The van der Waals surface area contributed by atoms with Gasteiger partial charge in [0, 0.05) is 18.6 Å². The van der Waals surface area contributed by atoms with E-state index >= 15 is 0 Å². The third-order valence-corrected chi connectivity index (χ3v) is 3.71. The van der Waals surface area contributed by atoms with Crippen LogP contribution >= 0.6 is 0 Å². The highest BCUT2D eigenvalue weighted by atomic mass is 16.3. The van der Waals surface area contributed by atoms with Crippen molar-refractivity contribution in [2.75, 3.05) is 20.7 Å². The molecule has 0 aromatic heterocycles. The molecule has 0 bridgehead atoms. The smallest absolute Gasteiger partial charge is 0.0477 e. The van der Waals surface area contributed by atoms with E-state index in [-0.39, 0.29) is 6.61 Å². The normalized spacial score (nSPS) is 15.1. The highest BCUT2D eigenvalue weighted by Crippen LogP contribution is 2.29. The van der Waals surface area contributed by atoms with Crippen LogP contribution in [0.25, 0.3) is 0 Å². The first-order valence-electron chi connectivity index (χ1n) is 6.88. The minimum atomic E-state index is 0.241. The molecule has 0 aliphatic carbocycles. The van der Waals surface area contributed by atoms with Crippen LogP contribution < -0.4 is 0 Å². The molecule has 0 radical (unpaired) electrons. The van der Waals surface area contributed by atoms with Crippen molar-refractivity contribution in [2.45, 2.75) is 39.2 Å². The Kier molecular flexibility index (Phi) is 5.83. The molecular formula is C16H27NO. The Morgan fingerprint density at radius 3 is 1.89 bits per heavy atom. The van der Waals surface area contributed by atoms with Gasteiger partial charge in [-0.15, -0.1) is 0 Å². The topological polar surface area (TPSA) is 23.5 Å². The van der Waals surface area contributed by atoms with E-state index in [1.165, 1.54) is 11.1 Å². The van der Waals surface area contributed by atoms with E-state index in [0.717, 1.165) is 6.42 Å². The lowest BCUT2D eigenvalue weighted by Gasteiger charge is -2.31. The standard InChI is InChI=1S/C16H27NO/c1-6-13(11-18)16(17(4)5)15-9-7-14(8-10-15)12(2)3/h7-10,12-13,16,18H,6,11H2,1-5H3.